The molecule has 8 heteroatoms. The summed E-state index contributed by atoms with van der Waals surface area (Å²) in [6.45, 7) is 5.57. The zero-order chi connectivity index (χ0) is 24.2. The van der Waals surface area contributed by atoms with Crippen LogP contribution in [0.4, 0.5) is 4.79 Å². The van der Waals surface area contributed by atoms with E-state index in [-0.39, 0.29) is 24.5 Å². The van der Waals surface area contributed by atoms with Crippen LogP contribution in [0.1, 0.15) is 44.4 Å². The molecule has 2 aromatic rings. The molecular formula is C25H32N4O4. The third-order valence-electron chi connectivity index (χ3n) is 5.27. The van der Waals surface area contributed by atoms with Gasteiger partial charge in [-0.05, 0) is 39.0 Å². The Bertz CT molecular complexity index is 1040. The van der Waals surface area contributed by atoms with E-state index >= 15 is 0 Å². The third-order valence-corrected chi connectivity index (χ3v) is 5.27. The molecule has 176 valence electrons. The fourth-order valence-corrected chi connectivity index (χ4v) is 3.66. The number of likely N-dealkylation sites (N-methyl/N-ethyl adjacent to an activating group) is 1. The molecule has 3 rings (SSSR count). The number of hydrogen-bond donors (Lipinski definition) is 1. The van der Waals surface area contributed by atoms with Crippen molar-refractivity contribution >= 4 is 17.6 Å². The number of benzene rings is 2. The van der Waals surface area contributed by atoms with Crippen molar-refractivity contribution in [2.45, 2.75) is 38.8 Å². The summed E-state index contributed by atoms with van der Waals surface area (Å²) < 4.78 is 10.9. The van der Waals surface area contributed by atoms with Crippen molar-refractivity contribution in [1.29, 1.82) is 0 Å². The Morgan fingerprint density at radius 3 is 2.52 bits per heavy atom. The van der Waals surface area contributed by atoms with Gasteiger partial charge in [-0.25, -0.2) is 9.80 Å². The summed E-state index contributed by atoms with van der Waals surface area (Å²) in [5.41, 5.74) is 2.10. The highest BCUT2D eigenvalue weighted by Crippen LogP contribution is 2.37. The molecule has 0 aromatic heterocycles. The normalized spacial score (nSPS) is 15.6. The van der Waals surface area contributed by atoms with Crippen molar-refractivity contribution in [1.82, 2.24) is 15.2 Å². The average Bonchev–Trinajstić information content (AvgIpc) is 3.23. The predicted molar refractivity (Wildman–Crippen MR) is 128 cm³/mol. The van der Waals surface area contributed by atoms with Gasteiger partial charge in [0.05, 0.1) is 26.0 Å². The fraction of sp³-hybridized carbons (Fsp3) is 0.400. The molecule has 1 heterocycles. The molecule has 1 aliphatic rings. The number of rotatable bonds is 6. The number of methoxy groups -OCH3 is 2. The Morgan fingerprint density at radius 1 is 1.12 bits per heavy atom. The van der Waals surface area contributed by atoms with Crippen LogP contribution in [0.15, 0.2) is 53.6 Å². The van der Waals surface area contributed by atoms with Crippen molar-refractivity contribution < 1.29 is 19.1 Å². The Hall–Kier alpha value is -3.55. The second-order valence-corrected chi connectivity index (χ2v) is 9.02. The highest BCUT2D eigenvalue weighted by molar-refractivity contribution is 6.03. The summed E-state index contributed by atoms with van der Waals surface area (Å²) in [6.07, 6.45) is 0.511. The summed E-state index contributed by atoms with van der Waals surface area (Å²) in [5.74, 6) is 1.11. The molecular weight excluding hydrogens is 420 g/mol. The smallest absolute Gasteiger partial charge is 0.318 e. The number of nitrogens with one attached hydrogen (secondary N) is 1. The summed E-state index contributed by atoms with van der Waals surface area (Å²) in [5, 5.41) is 9.02. The number of hydrazone groups is 1. The molecule has 1 atom stereocenters. The van der Waals surface area contributed by atoms with Crippen LogP contribution >= 0.6 is 0 Å². The largest absolute Gasteiger partial charge is 0.497 e. The number of carbonyl (C=O) groups is 2. The number of urea groups is 1. The standard InChI is InChI=1S/C25H32N4O4/c1-25(2,3)26-24(31)28(4)16-23(30)29-21(19-12-7-8-13-22(19)33-6)15-20(27-29)17-10-9-11-18(14-17)32-5/h7-14,21H,15-16H2,1-6H3,(H,26,31)/t21-/m0/s1. The van der Waals surface area contributed by atoms with Gasteiger partial charge in [-0.1, -0.05) is 30.3 Å². The average molecular weight is 453 g/mol. The van der Waals surface area contributed by atoms with E-state index in [0.717, 1.165) is 16.8 Å². The van der Waals surface area contributed by atoms with E-state index in [9.17, 15) is 9.59 Å². The summed E-state index contributed by atoms with van der Waals surface area (Å²) in [4.78, 5) is 27.2. The van der Waals surface area contributed by atoms with Crippen molar-refractivity contribution in [3.8, 4) is 11.5 Å². The van der Waals surface area contributed by atoms with Crippen LogP contribution in [-0.4, -0.2) is 60.9 Å². The van der Waals surface area contributed by atoms with Gasteiger partial charge in [0.2, 0.25) is 0 Å². The number of para-hydroxylation sites is 1. The molecule has 8 nitrogen and oxygen atoms in total. The zero-order valence-corrected chi connectivity index (χ0v) is 20.1. The van der Waals surface area contributed by atoms with Gasteiger partial charge < -0.3 is 19.7 Å². The lowest BCUT2D eigenvalue weighted by atomic mass is 9.97. The first-order chi connectivity index (χ1) is 15.6. The van der Waals surface area contributed by atoms with Gasteiger partial charge in [0, 0.05) is 30.1 Å². The number of nitrogens with zero attached hydrogens (tertiary/aromatic N) is 3. The van der Waals surface area contributed by atoms with Crippen molar-refractivity contribution in [2.75, 3.05) is 27.8 Å². The first-order valence-corrected chi connectivity index (χ1v) is 10.8. The van der Waals surface area contributed by atoms with Gasteiger partial charge in [-0.2, -0.15) is 5.10 Å². The maximum Gasteiger partial charge on any atom is 0.318 e. The number of carbonyl (C=O) groups excluding carboxylic acids is 2. The molecule has 33 heavy (non-hydrogen) atoms. The van der Waals surface area contributed by atoms with Crippen molar-refractivity contribution in [3.05, 3.63) is 59.7 Å². The molecule has 1 aliphatic heterocycles. The van der Waals surface area contributed by atoms with E-state index in [1.54, 1.807) is 21.3 Å². The highest BCUT2D eigenvalue weighted by Gasteiger charge is 2.35. The molecule has 0 aliphatic carbocycles. The monoisotopic (exact) mass is 452 g/mol. The second-order valence-electron chi connectivity index (χ2n) is 9.02. The van der Waals surface area contributed by atoms with Crippen LogP contribution in [-0.2, 0) is 4.79 Å². The maximum absolute atomic E-state index is 13.3. The number of amides is 3. The molecule has 0 radical (unpaired) electrons. The molecule has 0 bridgehead atoms. The quantitative estimate of drug-likeness (QED) is 0.722. The maximum atomic E-state index is 13.3. The van der Waals surface area contributed by atoms with Gasteiger partial charge >= 0.3 is 6.03 Å². The van der Waals surface area contributed by atoms with Crippen LogP contribution in [0.5, 0.6) is 11.5 Å². The third kappa shape index (κ3) is 5.83. The van der Waals surface area contributed by atoms with Crippen LogP contribution < -0.4 is 14.8 Å². The van der Waals surface area contributed by atoms with Gasteiger partial charge in [0.25, 0.3) is 5.91 Å². The minimum Gasteiger partial charge on any atom is -0.497 e. The summed E-state index contributed by atoms with van der Waals surface area (Å²) in [6, 6.07) is 14.5. The highest BCUT2D eigenvalue weighted by atomic mass is 16.5. The van der Waals surface area contributed by atoms with E-state index in [2.05, 4.69) is 10.4 Å². The molecule has 1 N–H and O–H groups in total. The lowest BCUT2D eigenvalue weighted by molar-refractivity contribution is -0.133. The zero-order valence-electron chi connectivity index (χ0n) is 20.1. The molecule has 0 fully saturated rings. The summed E-state index contributed by atoms with van der Waals surface area (Å²) >= 11 is 0. The van der Waals surface area contributed by atoms with E-state index in [4.69, 9.17) is 9.47 Å². The first kappa shape index (κ1) is 24.1. The Morgan fingerprint density at radius 2 is 1.85 bits per heavy atom. The summed E-state index contributed by atoms with van der Waals surface area (Å²) in [7, 11) is 4.82. The first-order valence-electron chi connectivity index (χ1n) is 10.8. The lowest BCUT2D eigenvalue weighted by Gasteiger charge is -2.28. The molecule has 3 amide bonds. The Labute approximate surface area is 195 Å². The van der Waals surface area contributed by atoms with Gasteiger partial charge in [-0.15, -0.1) is 0 Å². The van der Waals surface area contributed by atoms with E-state index in [0.29, 0.717) is 17.9 Å². The molecule has 0 saturated heterocycles. The van der Waals surface area contributed by atoms with Crippen LogP contribution in [0.2, 0.25) is 0 Å². The number of ether oxygens (including phenoxy) is 2. The van der Waals surface area contributed by atoms with Crippen molar-refractivity contribution in [3.63, 3.8) is 0 Å². The van der Waals surface area contributed by atoms with Gasteiger partial charge in [0.1, 0.15) is 18.0 Å². The SMILES string of the molecule is COc1cccc(C2=NN(C(=O)CN(C)C(=O)NC(C)(C)C)[C@H](c3ccccc3OC)C2)c1. The minimum atomic E-state index is -0.403. The molecule has 0 saturated carbocycles. The predicted octanol–water partition coefficient (Wildman–Crippen LogP) is 3.82. The van der Waals surface area contributed by atoms with Gasteiger partial charge in [-0.3, -0.25) is 4.79 Å². The van der Waals surface area contributed by atoms with E-state index < -0.39 is 5.54 Å². The van der Waals surface area contributed by atoms with E-state index in [1.165, 1.54) is 9.91 Å². The molecule has 2 aromatic carbocycles. The topological polar surface area (TPSA) is 83.5 Å². The minimum absolute atomic E-state index is 0.109. The second kappa shape index (κ2) is 9.94. The van der Waals surface area contributed by atoms with Crippen LogP contribution in [0.3, 0.4) is 0 Å². The lowest BCUT2D eigenvalue weighted by Crippen LogP contribution is -2.49. The molecule has 0 spiro atoms. The Balaban J connectivity index is 1.91. The fourth-order valence-electron chi connectivity index (χ4n) is 3.66. The van der Waals surface area contributed by atoms with Crippen LogP contribution in [0, 0.1) is 0 Å². The Kier molecular flexibility index (Phi) is 7.26. The van der Waals surface area contributed by atoms with E-state index in [1.807, 2.05) is 69.3 Å². The van der Waals surface area contributed by atoms with Crippen molar-refractivity contribution in [2.24, 2.45) is 5.10 Å². The van der Waals surface area contributed by atoms with Crippen LogP contribution in [0.25, 0.3) is 0 Å². The van der Waals surface area contributed by atoms with Gasteiger partial charge in [0.15, 0.2) is 0 Å². The molecule has 0 unspecified atom stereocenters. The number of hydrogen-bond acceptors (Lipinski definition) is 5.